The molecule has 2 aromatic rings. The second-order valence-electron chi connectivity index (χ2n) is 8.84. The van der Waals surface area contributed by atoms with Crippen molar-refractivity contribution in [3.63, 3.8) is 0 Å². The van der Waals surface area contributed by atoms with Crippen molar-refractivity contribution in [1.29, 1.82) is 0 Å². The summed E-state index contributed by atoms with van der Waals surface area (Å²) in [6.07, 6.45) is 0. The zero-order chi connectivity index (χ0) is 21.0. The van der Waals surface area contributed by atoms with Crippen LogP contribution in [0.4, 0.5) is 0 Å². The van der Waals surface area contributed by atoms with Crippen LogP contribution in [-0.2, 0) is 0 Å². The molecule has 0 amide bonds. The lowest BCUT2D eigenvalue weighted by Gasteiger charge is -2.20. The van der Waals surface area contributed by atoms with E-state index in [9.17, 15) is 4.79 Å². The number of carbonyl (C=O) groups excluding carboxylic acids is 1. The third-order valence-electron chi connectivity index (χ3n) is 5.17. The van der Waals surface area contributed by atoms with Gasteiger partial charge in [-0.3, -0.25) is 4.79 Å². The molecule has 151 valence electrons. The number of hydrogen-bond donors (Lipinski definition) is 0. The SMILES string of the molecule is CC(C)c1[c]c(C(C)C)c(C(=O)COc2c(C(C)C)cccc2C(C)C)cc1. The van der Waals surface area contributed by atoms with Crippen molar-refractivity contribution in [2.75, 3.05) is 6.61 Å². The molecule has 2 heteroatoms. The molecule has 28 heavy (non-hydrogen) atoms. The van der Waals surface area contributed by atoms with Crippen LogP contribution in [0.1, 0.15) is 112 Å². The second kappa shape index (κ2) is 9.41. The molecule has 1 radical (unpaired) electrons. The van der Waals surface area contributed by atoms with Gasteiger partial charge in [0.25, 0.3) is 0 Å². The third-order valence-corrected chi connectivity index (χ3v) is 5.17. The van der Waals surface area contributed by atoms with E-state index in [0.29, 0.717) is 17.8 Å². The van der Waals surface area contributed by atoms with Gasteiger partial charge in [-0.2, -0.15) is 0 Å². The Morgan fingerprint density at radius 1 is 0.821 bits per heavy atom. The van der Waals surface area contributed by atoms with Gasteiger partial charge >= 0.3 is 0 Å². The molecule has 0 heterocycles. The quantitative estimate of drug-likeness (QED) is 0.452. The van der Waals surface area contributed by atoms with Crippen LogP contribution in [0.3, 0.4) is 0 Å². The molecule has 0 aliphatic rings. The van der Waals surface area contributed by atoms with Gasteiger partial charge in [0.1, 0.15) is 5.75 Å². The van der Waals surface area contributed by atoms with Gasteiger partial charge < -0.3 is 4.74 Å². The smallest absolute Gasteiger partial charge is 0.200 e. The normalized spacial score (nSPS) is 11.7. The summed E-state index contributed by atoms with van der Waals surface area (Å²) < 4.78 is 6.16. The van der Waals surface area contributed by atoms with Crippen molar-refractivity contribution in [2.45, 2.75) is 79.1 Å². The van der Waals surface area contributed by atoms with E-state index in [1.54, 1.807) is 0 Å². The molecule has 2 aromatic carbocycles. The Morgan fingerprint density at radius 2 is 1.39 bits per heavy atom. The van der Waals surface area contributed by atoms with Crippen LogP contribution >= 0.6 is 0 Å². The van der Waals surface area contributed by atoms with E-state index < -0.39 is 0 Å². The van der Waals surface area contributed by atoms with Crippen LogP contribution in [0, 0.1) is 6.07 Å². The molecule has 0 bridgehead atoms. The van der Waals surface area contributed by atoms with E-state index in [2.05, 4.69) is 79.7 Å². The largest absolute Gasteiger partial charge is 0.485 e. The highest BCUT2D eigenvalue weighted by atomic mass is 16.5. The van der Waals surface area contributed by atoms with Crippen molar-refractivity contribution in [3.05, 3.63) is 64.2 Å². The van der Waals surface area contributed by atoms with Gasteiger partial charge in [0.2, 0.25) is 5.78 Å². The average Bonchev–Trinajstić information content (AvgIpc) is 2.64. The minimum absolute atomic E-state index is 0.0171. The highest BCUT2D eigenvalue weighted by Crippen LogP contribution is 2.34. The van der Waals surface area contributed by atoms with Crippen molar-refractivity contribution < 1.29 is 9.53 Å². The second-order valence-corrected chi connectivity index (χ2v) is 8.84. The molecular formula is C26H35O2. The molecule has 0 fully saturated rings. The molecule has 0 aliphatic heterocycles. The Bertz CT molecular complexity index is 787. The highest BCUT2D eigenvalue weighted by molar-refractivity contribution is 5.98. The molecule has 2 nitrogen and oxygen atoms in total. The molecule has 0 aliphatic carbocycles. The Balaban J connectivity index is 2.33. The molecule has 0 spiro atoms. The Labute approximate surface area is 171 Å². The van der Waals surface area contributed by atoms with Crippen LogP contribution in [-0.4, -0.2) is 12.4 Å². The first-order chi connectivity index (χ1) is 13.1. The maximum absolute atomic E-state index is 13.0. The molecule has 0 aromatic heterocycles. The number of para-hydroxylation sites is 1. The number of ketones is 1. The van der Waals surface area contributed by atoms with Crippen LogP contribution in [0.15, 0.2) is 30.3 Å². The molecule has 2 rings (SSSR count). The Kier molecular flexibility index (Phi) is 7.46. The Morgan fingerprint density at radius 3 is 1.86 bits per heavy atom. The van der Waals surface area contributed by atoms with Crippen LogP contribution in [0.5, 0.6) is 5.75 Å². The zero-order valence-corrected chi connectivity index (χ0v) is 18.7. The molecule has 0 N–H and O–H groups in total. The summed E-state index contributed by atoms with van der Waals surface area (Å²) in [6.45, 7) is 17.2. The van der Waals surface area contributed by atoms with Crippen molar-refractivity contribution in [3.8, 4) is 5.75 Å². The van der Waals surface area contributed by atoms with E-state index >= 15 is 0 Å². The van der Waals surface area contributed by atoms with Crippen LogP contribution < -0.4 is 4.74 Å². The predicted molar refractivity (Wildman–Crippen MR) is 118 cm³/mol. The summed E-state index contributed by atoms with van der Waals surface area (Å²) in [6, 6.07) is 13.7. The average molecular weight is 380 g/mol. The zero-order valence-electron chi connectivity index (χ0n) is 18.7. The fourth-order valence-electron chi connectivity index (χ4n) is 3.43. The topological polar surface area (TPSA) is 26.3 Å². The standard InChI is InChI=1S/C26H35O2/c1-16(2)20-12-13-23(24(14-20)19(7)8)25(27)15-28-26-21(17(3)4)10-9-11-22(26)18(5)6/h9-13,16-19H,15H2,1-8H3. The molecule has 0 atom stereocenters. The van der Waals surface area contributed by atoms with Crippen molar-refractivity contribution in [2.24, 2.45) is 0 Å². The summed E-state index contributed by atoms with van der Waals surface area (Å²) in [5, 5.41) is 0. The van der Waals surface area contributed by atoms with E-state index in [1.165, 1.54) is 0 Å². The first kappa shape index (κ1) is 22.2. The summed E-state index contributed by atoms with van der Waals surface area (Å²) in [5.41, 5.74) is 5.18. The minimum Gasteiger partial charge on any atom is -0.485 e. The summed E-state index contributed by atoms with van der Waals surface area (Å²) >= 11 is 0. The fraction of sp³-hybridized carbons (Fsp3) is 0.500. The maximum Gasteiger partial charge on any atom is 0.200 e. The van der Waals surface area contributed by atoms with E-state index in [4.69, 9.17) is 4.74 Å². The van der Waals surface area contributed by atoms with Gasteiger partial charge in [0, 0.05) is 5.56 Å². The van der Waals surface area contributed by atoms with Crippen molar-refractivity contribution >= 4 is 5.78 Å². The number of carbonyl (C=O) groups is 1. The Hall–Kier alpha value is -2.09. The van der Waals surface area contributed by atoms with Gasteiger partial charge in [-0.25, -0.2) is 0 Å². The first-order valence-electron chi connectivity index (χ1n) is 10.5. The van der Waals surface area contributed by atoms with E-state index in [1.807, 2.05) is 12.1 Å². The summed E-state index contributed by atoms with van der Waals surface area (Å²) in [4.78, 5) is 13.0. The van der Waals surface area contributed by atoms with Gasteiger partial charge in [-0.05, 0) is 52.0 Å². The van der Waals surface area contributed by atoms with Gasteiger partial charge in [0.15, 0.2) is 6.61 Å². The van der Waals surface area contributed by atoms with E-state index in [0.717, 1.165) is 33.6 Å². The van der Waals surface area contributed by atoms with Gasteiger partial charge in [-0.1, -0.05) is 85.7 Å². The number of rotatable bonds is 8. The minimum atomic E-state index is 0.0171. The lowest BCUT2D eigenvalue weighted by atomic mass is 9.90. The molecule has 0 saturated heterocycles. The highest BCUT2D eigenvalue weighted by Gasteiger charge is 2.19. The maximum atomic E-state index is 13.0. The van der Waals surface area contributed by atoms with Gasteiger partial charge in [-0.15, -0.1) is 0 Å². The monoisotopic (exact) mass is 379 g/mol. The number of Topliss-reactive ketones (excluding diaryl/α,β-unsaturated/α-hetero) is 1. The lowest BCUT2D eigenvalue weighted by molar-refractivity contribution is 0.0918. The van der Waals surface area contributed by atoms with Crippen LogP contribution in [0.25, 0.3) is 0 Å². The van der Waals surface area contributed by atoms with E-state index in [-0.39, 0.29) is 18.3 Å². The van der Waals surface area contributed by atoms with Crippen LogP contribution in [0.2, 0.25) is 0 Å². The molecular weight excluding hydrogens is 344 g/mol. The third kappa shape index (κ3) is 5.04. The number of ether oxygens (including phenoxy) is 1. The fourth-order valence-corrected chi connectivity index (χ4v) is 3.43. The number of benzene rings is 2. The summed E-state index contributed by atoms with van der Waals surface area (Å²) in [5.74, 6) is 2.21. The molecule has 0 saturated carbocycles. The first-order valence-corrected chi connectivity index (χ1v) is 10.5. The van der Waals surface area contributed by atoms with Crippen molar-refractivity contribution in [1.82, 2.24) is 0 Å². The van der Waals surface area contributed by atoms with Gasteiger partial charge in [0.05, 0.1) is 0 Å². The lowest BCUT2D eigenvalue weighted by Crippen LogP contribution is -2.16. The predicted octanol–water partition coefficient (Wildman–Crippen LogP) is 7.24. The number of hydrogen-bond acceptors (Lipinski definition) is 2. The summed E-state index contributed by atoms with van der Waals surface area (Å²) in [7, 11) is 0. The molecule has 0 unspecified atom stereocenters.